The summed E-state index contributed by atoms with van der Waals surface area (Å²) in [5.74, 6) is 0.867. The summed E-state index contributed by atoms with van der Waals surface area (Å²) in [4.78, 5) is 36.6. The first-order chi connectivity index (χ1) is 12.9. The molecule has 3 aliphatic rings. The Hall–Kier alpha value is -1.59. The third kappa shape index (κ3) is 15.2. The Balaban J connectivity index is -0.000000282. The zero-order chi connectivity index (χ0) is 21.8. The van der Waals surface area contributed by atoms with E-state index in [1.807, 2.05) is 62.7 Å². The molecule has 3 heterocycles. The van der Waals surface area contributed by atoms with E-state index in [2.05, 4.69) is 0 Å². The van der Waals surface area contributed by atoms with Gasteiger partial charge in [-0.15, -0.1) is 0 Å². The van der Waals surface area contributed by atoms with Crippen LogP contribution in [-0.2, 0) is 14.4 Å². The molecule has 3 aliphatic heterocycles. The highest BCUT2D eigenvalue weighted by Gasteiger charge is 2.17. The molecule has 3 rings (SSSR count). The molecule has 0 aliphatic carbocycles. The number of likely N-dealkylation sites (tertiary alicyclic amines) is 3. The van der Waals surface area contributed by atoms with Crippen molar-refractivity contribution in [1.29, 1.82) is 0 Å². The first kappa shape index (κ1) is 30.1. The number of hydrogen-bond donors (Lipinski definition) is 0. The van der Waals surface area contributed by atoms with Crippen LogP contribution in [0.1, 0.15) is 80.1 Å². The van der Waals surface area contributed by atoms with E-state index in [1.165, 1.54) is 6.42 Å². The molecule has 0 aromatic rings. The van der Waals surface area contributed by atoms with Gasteiger partial charge in [0.25, 0.3) is 0 Å². The minimum Gasteiger partial charge on any atom is -0.346 e. The quantitative estimate of drug-likeness (QED) is 0.594. The van der Waals surface area contributed by atoms with Gasteiger partial charge in [0.2, 0.25) is 17.7 Å². The van der Waals surface area contributed by atoms with E-state index < -0.39 is 0 Å². The van der Waals surface area contributed by atoms with E-state index in [4.69, 9.17) is 0 Å². The number of nitrogens with zero attached hydrogens (tertiary/aromatic N) is 3. The van der Waals surface area contributed by atoms with E-state index in [9.17, 15) is 14.4 Å². The fourth-order valence-electron chi connectivity index (χ4n) is 2.15. The summed E-state index contributed by atoms with van der Waals surface area (Å²) in [6, 6.07) is 0. The summed E-state index contributed by atoms with van der Waals surface area (Å²) in [6.07, 6.45) is 5.60. The van der Waals surface area contributed by atoms with Gasteiger partial charge in [-0.05, 0) is 19.3 Å². The molecule has 0 unspecified atom stereocenters. The van der Waals surface area contributed by atoms with Gasteiger partial charge in [0.15, 0.2) is 0 Å². The van der Waals surface area contributed by atoms with E-state index in [0.717, 1.165) is 51.7 Å². The van der Waals surface area contributed by atoms with Crippen molar-refractivity contribution < 1.29 is 14.4 Å². The first-order valence-corrected chi connectivity index (χ1v) is 10.6. The number of β-lactam (4-membered cyclic amide) rings is 1. The predicted octanol–water partition coefficient (Wildman–Crippen LogP) is 3.79. The zero-order valence-corrected chi connectivity index (χ0v) is 19.4. The maximum atomic E-state index is 10.7. The van der Waals surface area contributed by atoms with Crippen LogP contribution in [0.4, 0.5) is 0 Å². The lowest BCUT2D eigenvalue weighted by Gasteiger charge is -2.24. The average molecular weight is 388 g/mol. The van der Waals surface area contributed by atoms with Gasteiger partial charge in [-0.25, -0.2) is 0 Å². The Morgan fingerprint density at radius 3 is 0.963 bits per heavy atom. The maximum absolute atomic E-state index is 10.7. The second-order valence-electron chi connectivity index (χ2n) is 5.76. The molecule has 0 aromatic carbocycles. The van der Waals surface area contributed by atoms with E-state index in [-0.39, 0.29) is 5.91 Å². The van der Waals surface area contributed by atoms with Crippen molar-refractivity contribution in [2.24, 2.45) is 0 Å². The molecule has 0 aromatic heterocycles. The summed E-state index contributed by atoms with van der Waals surface area (Å²) in [6.45, 7) is 14.9. The van der Waals surface area contributed by atoms with Gasteiger partial charge in [0.05, 0.1) is 0 Å². The Morgan fingerprint density at radius 1 is 0.481 bits per heavy atom. The van der Waals surface area contributed by atoms with Crippen molar-refractivity contribution in [3.63, 3.8) is 0 Å². The number of rotatable bonds is 0. The lowest BCUT2D eigenvalue weighted by molar-refractivity contribution is -0.137. The van der Waals surface area contributed by atoms with Crippen LogP contribution in [0, 0.1) is 0 Å². The zero-order valence-electron chi connectivity index (χ0n) is 19.4. The molecule has 0 radical (unpaired) electrons. The van der Waals surface area contributed by atoms with E-state index in [1.54, 1.807) is 14.7 Å². The molecular formula is C21H45N3O3. The Kier molecular flexibility index (Phi) is 23.1. The molecule has 27 heavy (non-hydrogen) atoms. The summed E-state index contributed by atoms with van der Waals surface area (Å²) >= 11 is 0. The highest BCUT2D eigenvalue weighted by molar-refractivity contribution is 5.81. The van der Waals surface area contributed by atoms with Gasteiger partial charge in [0.1, 0.15) is 0 Å². The van der Waals surface area contributed by atoms with Crippen molar-refractivity contribution in [2.45, 2.75) is 80.1 Å². The van der Waals surface area contributed by atoms with Gasteiger partial charge in [-0.2, -0.15) is 0 Å². The van der Waals surface area contributed by atoms with Crippen LogP contribution in [0.5, 0.6) is 0 Å². The van der Waals surface area contributed by atoms with Gasteiger partial charge in [-0.1, -0.05) is 41.5 Å². The van der Waals surface area contributed by atoms with Crippen molar-refractivity contribution in [1.82, 2.24) is 14.7 Å². The monoisotopic (exact) mass is 387 g/mol. The number of carbonyl (C=O) groups is 3. The SMILES string of the molecule is CC.CC.CC.CN1CCC1=O.CN1CCCC1=O.CN1CCCCC1=O. The molecule has 0 bridgehead atoms. The van der Waals surface area contributed by atoms with E-state index >= 15 is 0 Å². The van der Waals surface area contributed by atoms with Gasteiger partial charge < -0.3 is 14.7 Å². The van der Waals surface area contributed by atoms with Crippen LogP contribution in [-0.4, -0.2) is 73.2 Å². The summed E-state index contributed by atoms with van der Waals surface area (Å²) < 4.78 is 0. The number of amides is 3. The first-order valence-electron chi connectivity index (χ1n) is 10.6. The van der Waals surface area contributed by atoms with Gasteiger partial charge in [0, 0.05) is 60.0 Å². The standard InChI is InChI=1S/C6H11NO.C5H9NO.C4H7NO.3C2H6/c1-7-5-3-2-4-6(7)8;1-6-4-2-3-5(6)7;1-5-3-2-4(5)6;3*1-2/h2-5H2,1H3;2-4H2,1H3;2-3H2,1H3;3*1-2H3. The Labute approximate surface area is 168 Å². The highest BCUT2D eigenvalue weighted by atomic mass is 16.2. The Morgan fingerprint density at radius 2 is 0.815 bits per heavy atom. The molecule has 3 amide bonds. The molecule has 3 saturated heterocycles. The molecule has 0 N–H and O–H groups in total. The van der Waals surface area contributed by atoms with Gasteiger partial charge >= 0.3 is 0 Å². The Bertz CT molecular complexity index is 387. The normalized spacial score (nSPS) is 17.2. The fraction of sp³-hybridized carbons (Fsp3) is 0.857. The molecule has 162 valence electrons. The van der Waals surface area contributed by atoms with Crippen LogP contribution in [0.15, 0.2) is 0 Å². The number of carbonyl (C=O) groups excluding carboxylic acids is 3. The lowest BCUT2D eigenvalue weighted by atomic mass is 10.1. The van der Waals surface area contributed by atoms with Crippen LogP contribution in [0.2, 0.25) is 0 Å². The summed E-state index contributed by atoms with van der Waals surface area (Å²) in [5, 5.41) is 0. The molecular weight excluding hydrogens is 342 g/mol. The van der Waals surface area contributed by atoms with Gasteiger partial charge in [-0.3, -0.25) is 14.4 Å². The summed E-state index contributed by atoms with van der Waals surface area (Å²) in [5.41, 5.74) is 0. The summed E-state index contributed by atoms with van der Waals surface area (Å²) in [7, 11) is 5.52. The minimum absolute atomic E-state index is 0.273. The number of piperidine rings is 1. The predicted molar refractivity (Wildman–Crippen MR) is 115 cm³/mol. The van der Waals surface area contributed by atoms with Crippen LogP contribution in [0.25, 0.3) is 0 Å². The molecule has 6 heteroatoms. The third-order valence-electron chi connectivity index (χ3n) is 3.96. The highest BCUT2D eigenvalue weighted by Crippen LogP contribution is 2.07. The maximum Gasteiger partial charge on any atom is 0.224 e. The molecule has 0 saturated carbocycles. The average Bonchev–Trinajstić information content (AvgIpc) is 3.11. The van der Waals surface area contributed by atoms with Crippen LogP contribution in [0.3, 0.4) is 0 Å². The molecule has 0 atom stereocenters. The van der Waals surface area contributed by atoms with Crippen molar-refractivity contribution in [3.05, 3.63) is 0 Å². The molecule has 3 fully saturated rings. The van der Waals surface area contributed by atoms with Crippen LogP contribution >= 0.6 is 0 Å². The lowest BCUT2D eigenvalue weighted by Crippen LogP contribution is -2.39. The molecule has 6 nitrogen and oxygen atoms in total. The van der Waals surface area contributed by atoms with Crippen molar-refractivity contribution in [3.8, 4) is 0 Å². The third-order valence-corrected chi connectivity index (χ3v) is 3.96. The van der Waals surface area contributed by atoms with Crippen molar-refractivity contribution in [2.75, 3.05) is 40.8 Å². The minimum atomic E-state index is 0.273. The number of hydrogen-bond acceptors (Lipinski definition) is 3. The van der Waals surface area contributed by atoms with E-state index in [0.29, 0.717) is 11.8 Å². The van der Waals surface area contributed by atoms with Crippen LogP contribution < -0.4 is 0 Å². The topological polar surface area (TPSA) is 60.9 Å². The second kappa shape index (κ2) is 20.7. The van der Waals surface area contributed by atoms with Crippen molar-refractivity contribution >= 4 is 17.7 Å². The molecule has 0 spiro atoms. The fourth-order valence-corrected chi connectivity index (χ4v) is 2.15. The smallest absolute Gasteiger partial charge is 0.224 e. The largest absolute Gasteiger partial charge is 0.346 e. The second-order valence-corrected chi connectivity index (χ2v) is 5.76.